The first-order chi connectivity index (χ1) is 16.7. The van der Waals surface area contributed by atoms with Crippen molar-refractivity contribution in [2.24, 2.45) is 11.8 Å². The monoisotopic (exact) mass is 490 g/mol. The van der Waals surface area contributed by atoms with E-state index in [1.807, 2.05) is 0 Å². The Hall–Kier alpha value is -3.51. The molecule has 0 saturated heterocycles. The van der Waals surface area contributed by atoms with Crippen molar-refractivity contribution >= 4 is 17.5 Å². The summed E-state index contributed by atoms with van der Waals surface area (Å²) in [4.78, 5) is 30.5. The SMILES string of the molecule is O=C(CCC(F)(F)F)NC(c1cnn2cc(CNC(=O)c3cnn(CC4CC4)n3)nc2c1)C1CC1. The molecule has 2 N–H and O–H groups in total. The van der Waals surface area contributed by atoms with Crippen molar-refractivity contribution in [1.82, 2.24) is 40.2 Å². The molecule has 2 fully saturated rings. The van der Waals surface area contributed by atoms with Crippen LogP contribution < -0.4 is 10.6 Å². The van der Waals surface area contributed by atoms with Crippen molar-refractivity contribution < 1.29 is 22.8 Å². The van der Waals surface area contributed by atoms with Crippen LogP contribution in [0.1, 0.15) is 66.3 Å². The predicted octanol–water partition coefficient (Wildman–Crippen LogP) is 2.57. The normalized spacial score (nSPS) is 16.9. The van der Waals surface area contributed by atoms with E-state index >= 15 is 0 Å². The van der Waals surface area contributed by atoms with Crippen LogP contribution in [0.5, 0.6) is 0 Å². The van der Waals surface area contributed by atoms with Crippen LogP contribution in [0.15, 0.2) is 24.7 Å². The van der Waals surface area contributed by atoms with E-state index < -0.39 is 31.0 Å². The molecule has 1 unspecified atom stereocenters. The van der Waals surface area contributed by atoms with Crippen LogP contribution in [0.4, 0.5) is 13.2 Å². The molecule has 0 aliphatic heterocycles. The summed E-state index contributed by atoms with van der Waals surface area (Å²) < 4.78 is 38.9. The maximum atomic E-state index is 12.4. The maximum Gasteiger partial charge on any atom is 0.389 e. The molecule has 2 aliphatic carbocycles. The summed E-state index contributed by atoms with van der Waals surface area (Å²) in [6.07, 6.45) is 2.66. The highest BCUT2D eigenvalue weighted by Gasteiger charge is 2.35. The Morgan fingerprint density at radius 3 is 2.66 bits per heavy atom. The second-order valence-corrected chi connectivity index (χ2v) is 9.23. The molecule has 35 heavy (non-hydrogen) atoms. The van der Waals surface area contributed by atoms with Gasteiger partial charge in [-0.2, -0.15) is 28.2 Å². The minimum Gasteiger partial charge on any atom is -0.349 e. The van der Waals surface area contributed by atoms with Crippen LogP contribution in [0.3, 0.4) is 0 Å². The lowest BCUT2D eigenvalue weighted by Gasteiger charge is -2.19. The first-order valence-corrected chi connectivity index (χ1v) is 11.6. The van der Waals surface area contributed by atoms with E-state index in [0.29, 0.717) is 22.8 Å². The molecule has 0 spiro atoms. The second-order valence-electron chi connectivity index (χ2n) is 9.23. The van der Waals surface area contributed by atoms with E-state index in [1.165, 1.54) is 19.0 Å². The Morgan fingerprint density at radius 1 is 1.14 bits per heavy atom. The van der Waals surface area contributed by atoms with Gasteiger partial charge >= 0.3 is 6.18 Å². The van der Waals surface area contributed by atoms with Crippen LogP contribution in [0, 0.1) is 11.8 Å². The van der Waals surface area contributed by atoms with Gasteiger partial charge in [0.1, 0.15) is 0 Å². The van der Waals surface area contributed by atoms with E-state index in [1.54, 1.807) is 27.8 Å². The van der Waals surface area contributed by atoms with Gasteiger partial charge in [-0.3, -0.25) is 9.59 Å². The van der Waals surface area contributed by atoms with Gasteiger partial charge in [-0.05, 0) is 49.1 Å². The van der Waals surface area contributed by atoms with Gasteiger partial charge in [0.25, 0.3) is 5.91 Å². The van der Waals surface area contributed by atoms with Gasteiger partial charge < -0.3 is 10.6 Å². The molecular weight excluding hydrogens is 465 g/mol. The number of aromatic nitrogens is 6. The number of halogens is 3. The van der Waals surface area contributed by atoms with Gasteiger partial charge in [0.2, 0.25) is 5.91 Å². The number of nitrogens with one attached hydrogen (secondary N) is 2. The van der Waals surface area contributed by atoms with Crippen molar-refractivity contribution in [3.63, 3.8) is 0 Å². The fraction of sp³-hybridized carbons (Fsp3) is 0.545. The number of alkyl halides is 3. The molecule has 3 aromatic heterocycles. The molecule has 2 amide bonds. The number of fused-ring (bicyclic) bond motifs is 1. The number of rotatable bonds is 10. The van der Waals surface area contributed by atoms with E-state index in [2.05, 4.69) is 30.9 Å². The van der Waals surface area contributed by atoms with Crippen LogP contribution in [0.2, 0.25) is 0 Å². The van der Waals surface area contributed by atoms with Gasteiger partial charge in [0.05, 0.1) is 49.8 Å². The standard InChI is InChI=1S/C22H25F3N8O2/c23-22(24,25)6-5-19(34)30-20(14-3-4-14)15-7-18-29-16(12-32(18)27-8-15)9-26-21(35)17-10-28-33(31-17)11-13-1-2-13/h7-8,10,12-14,20H,1-6,9,11H2,(H,26,35)(H,30,34). The second kappa shape index (κ2) is 9.27. The molecule has 10 nitrogen and oxygen atoms in total. The summed E-state index contributed by atoms with van der Waals surface area (Å²) in [6, 6.07) is 1.35. The van der Waals surface area contributed by atoms with Gasteiger partial charge in [-0.25, -0.2) is 9.50 Å². The number of hydrogen-bond donors (Lipinski definition) is 2. The van der Waals surface area contributed by atoms with Gasteiger partial charge in [-0.15, -0.1) is 5.10 Å². The fourth-order valence-electron chi connectivity index (χ4n) is 3.88. The average Bonchev–Trinajstić information content (AvgIpc) is 3.73. The highest BCUT2D eigenvalue weighted by atomic mass is 19.4. The lowest BCUT2D eigenvalue weighted by atomic mass is 10.0. The predicted molar refractivity (Wildman–Crippen MR) is 116 cm³/mol. The Kier molecular flexibility index (Phi) is 6.15. The van der Waals surface area contributed by atoms with Crippen LogP contribution in [-0.2, 0) is 17.9 Å². The summed E-state index contributed by atoms with van der Waals surface area (Å²) in [5.41, 5.74) is 2.01. The van der Waals surface area contributed by atoms with Crippen molar-refractivity contribution in [3.05, 3.63) is 41.6 Å². The number of amides is 2. The van der Waals surface area contributed by atoms with Crippen LogP contribution >= 0.6 is 0 Å². The Labute approximate surface area is 198 Å². The minimum absolute atomic E-state index is 0.160. The lowest BCUT2D eigenvalue weighted by Crippen LogP contribution is -2.30. The summed E-state index contributed by atoms with van der Waals surface area (Å²) >= 11 is 0. The van der Waals surface area contributed by atoms with E-state index in [9.17, 15) is 22.8 Å². The highest BCUT2D eigenvalue weighted by molar-refractivity contribution is 5.91. The van der Waals surface area contributed by atoms with E-state index in [4.69, 9.17) is 0 Å². The molecule has 3 aromatic rings. The summed E-state index contributed by atoms with van der Waals surface area (Å²) in [7, 11) is 0. The van der Waals surface area contributed by atoms with Crippen molar-refractivity contribution in [1.29, 1.82) is 0 Å². The van der Waals surface area contributed by atoms with Crippen molar-refractivity contribution in [3.8, 4) is 0 Å². The van der Waals surface area contributed by atoms with Gasteiger partial charge in [0, 0.05) is 6.42 Å². The average molecular weight is 490 g/mol. The smallest absolute Gasteiger partial charge is 0.349 e. The number of carbonyl (C=O) groups is 2. The topological polar surface area (TPSA) is 119 Å². The molecule has 1 atom stereocenters. The Morgan fingerprint density at radius 2 is 1.94 bits per heavy atom. The minimum atomic E-state index is -4.37. The number of nitrogens with zero attached hydrogens (tertiary/aromatic N) is 6. The van der Waals surface area contributed by atoms with E-state index in [0.717, 1.165) is 19.4 Å². The van der Waals surface area contributed by atoms with Crippen molar-refractivity contribution in [2.75, 3.05) is 0 Å². The molecule has 0 aromatic carbocycles. The third-order valence-corrected chi connectivity index (χ3v) is 6.11. The summed E-state index contributed by atoms with van der Waals surface area (Å²) in [5.74, 6) is -0.231. The third kappa shape index (κ3) is 6.14. The third-order valence-electron chi connectivity index (χ3n) is 6.11. The quantitative estimate of drug-likeness (QED) is 0.451. The first kappa shape index (κ1) is 23.2. The maximum absolute atomic E-state index is 12.4. The summed E-state index contributed by atoms with van der Waals surface area (Å²) in [5, 5.41) is 18.2. The highest BCUT2D eigenvalue weighted by Crippen LogP contribution is 2.41. The first-order valence-electron chi connectivity index (χ1n) is 11.6. The van der Waals surface area contributed by atoms with Gasteiger partial charge in [-0.1, -0.05) is 0 Å². The zero-order valence-corrected chi connectivity index (χ0v) is 18.8. The number of imidazole rings is 1. The molecule has 2 aliphatic rings. The lowest BCUT2D eigenvalue weighted by molar-refractivity contribution is -0.144. The molecule has 5 rings (SSSR count). The molecule has 13 heteroatoms. The van der Waals surface area contributed by atoms with Crippen LogP contribution in [0.25, 0.3) is 5.65 Å². The number of hydrogen-bond acceptors (Lipinski definition) is 6. The molecule has 0 radical (unpaired) electrons. The zero-order valence-electron chi connectivity index (χ0n) is 18.8. The van der Waals surface area contributed by atoms with Crippen LogP contribution in [-0.4, -0.2) is 47.6 Å². The molecule has 0 bridgehead atoms. The Balaban J connectivity index is 1.21. The Bertz CT molecular complexity index is 1230. The molecule has 2 saturated carbocycles. The fourth-order valence-corrected chi connectivity index (χ4v) is 3.88. The van der Waals surface area contributed by atoms with Gasteiger partial charge in [0.15, 0.2) is 11.3 Å². The molecule has 3 heterocycles. The largest absolute Gasteiger partial charge is 0.389 e. The summed E-state index contributed by atoms with van der Waals surface area (Å²) in [6.45, 7) is 0.881. The molecule has 186 valence electrons. The van der Waals surface area contributed by atoms with Crippen molar-refractivity contribution in [2.45, 2.75) is 63.8 Å². The zero-order chi connectivity index (χ0) is 24.6. The number of carbonyl (C=O) groups excluding carboxylic acids is 2. The van der Waals surface area contributed by atoms with E-state index in [-0.39, 0.29) is 24.1 Å². The molecular formula is C22H25F3N8O2.